The molecule has 1 atom stereocenters. The van der Waals surface area contributed by atoms with E-state index in [1.807, 2.05) is 13.8 Å². The van der Waals surface area contributed by atoms with Crippen LogP contribution in [0.2, 0.25) is 0 Å². The highest BCUT2D eigenvalue weighted by atomic mass is 35.5. The predicted octanol–water partition coefficient (Wildman–Crippen LogP) is 1.65. The Morgan fingerprint density at radius 2 is 2.09 bits per heavy atom. The number of sulfonamides is 1. The van der Waals surface area contributed by atoms with E-state index in [2.05, 4.69) is 4.99 Å². The molecule has 2 rings (SSSR count). The van der Waals surface area contributed by atoms with Gasteiger partial charge < -0.3 is 10.0 Å². The van der Waals surface area contributed by atoms with Crippen LogP contribution in [0.1, 0.15) is 25.0 Å². The van der Waals surface area contributed by atoms with Crippen molar-refractivity contribution in [1.29, 1.82) is 0 Å². The SMILES string of the molecule is CCN=C1SCC(O)(c2ccc(C)c(S(N)(=O)=O)c2)N1CC.Cl. The molecule has 1 aromatic carbocycles. The van der Waals surface area contributed by atoms with Crippen molar-refractivity contribution in [3.63, 3.8) is 0 Å². The van der Waals surface area contributed by atoms with Crippen LogP contribution >= 0.6 is 24.2 Å². The van der Waals surface area contributed by atoms with Gasteiger partial charge >= 0.3 is 0 Å². The minimum Gasteiger partial charge on any atom is -0.366 e. The summed E-state index contributed by atoms with van der Waals surface area (Å²) in [7, 11) is -3.83. The van der Waals surface area contributed by atoms with E-state index >= 15 is 0 Å². The Morgan fingerprint density at radius 3 is 2.61 bits per heavy atom. The van der Waals surface area contributed by atoms with Gasteiger partial charge in [-0.05, 0) is 32.4 Å². The Bertz CT molecular complexity index is 709. The second-order valence-electron chi connectivity index (χ2n) is 5.13. The quantitative estimate of drug-likeness (QED) is 0.829. The van der Waals surface area contributed by atoms with Gasteiger partial charge in [0.2, 0.25) is 10.0 Å². The molecular formula is C14H22ClN3O3S2. The Hall–Kier alpha value is -0.800. The van der Waals surface area contributed by atoms with Gasteiger partial charge in [-0.2, -0.15) is 0 Å². The van der Waals surface area contributed by atoms with Gasteiger partial charge in [-0.1, -0.05) is 23.9 Å². The van der Waals surface area contributed by atoms with E-state index in [1.165, 1.54) is 17.8 Å². The Balaban J connectivity index is 0.00000264. The summed E-state index contributed by atoms with van der Waals surface area (Å²) in [5, 5.41) is 17.1. The average Bonchev–Trinajstić information content (AvgIpc) is 2.76. The second kappa shape index (κ2) is 7.40. The minimum absolute atomic E-state index is 0. The molecule has 1 heterocycles. The van der Waals surface area contributed by atoms with E-state index in [-0.39, 0.29) is 17.3 Å². The van der Waals surface area contributed by atoms with Crippen LogP contribution in [0.5, 0.6) is 0 Å². The predicted molar refractivity (Wildman–Crippen MR) is 96.5 cm³/mol. The molecule has 3 N–H and O–H groups in total. The molecular weight excluding hydrogens is 358 g/mol. The highest BCUT2D eigenvalue weighted by Crippen LogP contribution is 2.39. The number of hydrogen-bond donors (Lipinski definition) is 2. The van der Waals surface area contributed by atoms with Gasteiger partial charge in [0.1, 0.15) is 0 Å². The van der Waals surface area contributed by atoms with Gasteiger partial charge in [0.05, 0.1) is 10.6 Å². The zero-order chi connectivity index (χ0) is 16.5. The van der Waals surface area contributed by atoms with E-state index in [9.17, 15) is 13.5 Å². The van der Waals surface area contributed by atoms with E-state index < -0.39 is 15.7 Å². The molecule has 0 aliphatic carbocycles. The lowest BCUT2D eigenvalue weighted by Crippen LogP contribution is -2.45. The molecule has 1 saturated heterocycles. The van der Waals surface area contributed by atoms with Crippen LogP contribution in [-0.4, -0.2) is 42.4 Å². The maximum Gasteiger partial charge on any atom is 0.238 e. The molecule has 0 bridgehead atoms. The number of primary sulfonamides is 1. The third kappa shape index (κ3) is 3.83. The summed E-state index contributed by atoms with van der Waals surface area (Å²) in [5.41, 5.74) is -0.204. The Kier molecular flexibility index (Phi) is 6.51. The normalized spacial score (nSPS) is 23.2. The van der Waals surface area contributed by atoms with Gasteiger partial charge in [-0.25, -0.2) is 13.6 Å². The first-order chi connectivity index (χ1) is 10.2. The zero-order valence-electron chi connectivity index (χ0n) is 13.3. The molecule has 9 heteroatoms. The van der Waals surface area contributed by atoms with Crippen LogP contribution in [0.4, 0.5) is 0 Å². The third-order valence-corrected chi connectivity index (χ3v) is 5.85. The zero-order valence-corrected chi connectivity index (χ0v) is 15.8. The molecule has 1 unspecified atom stereocenters. The molecule has 23 heavy (non-hydrogen) atoms. The van der Waals surface area contributed by atoms with Crippen LogP contribution < -0.4 is 5.14 Å². The Morgan fingerprint density at radius 1 is 1.43 bits per heavy atom. The van der Waals surface area contributed by atoms with Crippen molar-refractivity contribution in [2.45, 2.75) is 31.4 Å². The van der Waals surface area contributed by atoms with Crippen molar-refractivity contribution in [1.82, 2.24) is 4.90 Å². The van der Waals surface area contributed by atoms with E-state index in [4.69, 9.17) is 5.14 Å². The van der Waals surface area contributed by atoms with Gasteiger partial charge in [0.25, 0.3) is 0 Å². The summed E-state index contributed by atoms with van der Waals surface area (Å²) >= 11 is 1.46. The standard InChI is InChI=1S/C14H21N3O3S2.ClH/c1-4-16-13-17(5-2)14(18,9-21-13)11-7-6-10(3)12(8-11)22(15,19)20;/h6-8,18H,4-5,9H2,1-3H3,(H2,15,19,20);1H. The summed E-state index contributed by atoms with van der Waals surface area (Å²) < 4.78 is 23.4. The van der Waals surface area contributed by atoms with Crippen LogP contribution in [-0.2, 0) is 15.7 Å². The van der Waals surface area contributed by atoms with Gasteiger partial charge in [-0.15, -0.1) is 12.4 Å². The summed E-state index contributed by atoms with van der Waals surface area (Å²) in [6.45, 7) is 6.74. The van der Waals surface area contributed by atoms with Gasteiger partial charge in [0, 0.05) is 18.7 Å². The summed E-state index contributed by atoms with van der Waals surface area (Å²) in [6, 6.07) is 4.87. The lowest BCUT2D eigenvalue weighted by atomic mass is 10.0. The molecule has 0 amide bonds. The monoisotopic (exact) mass is 379 g/mol. The summed E-state index contributed by atoms with van der Waals surface area (Å²) in [6.07, 6.45) is 0. The fourth-order valence-electron chi connectivity index (χ4n) is 2.54. The topological polar surface area (TPSA) is 96.0 Å². The molecule has 6 nitrogen and oxygen atoms in total. The Labute approximate surface area is 147 Å². The molecule has 0 saturated carbocycles. The summed E-state index contributed by atoms with van der Waals surface area (Å²) in [5.74, 6) is 0.396. The van der Waals surface area contributed by atoms with E-state index in [1.54, 1.807) is 24.0 Å². The third-order valence-electron chi connectivity index (χ3n) is 3.65. The number of amidine groups is 1. The highest BCUT2D eigenvalue weighted by molar-refractivity contribution is 8.14. The van der Waals surface area contributed by atoms with Crippen LogP contribution in [0, 0.1) is 6.92 Å². The maximum atomic E-state index is 11.7. The fraction of sp³-hybridized carbons (Fsp3) is 0.500. The number of benzene rings is 1. The fourth-order valence-corrected chi connectivity index (χ4v) is 4.65. The number of thioether (sulfide) groups is 1. The smallest absolute Gasteiger partial charge is 0.238 e. The van der Waals surface area contributed by atoms with Crippen molar-refractivity contribution in [2.24, 2.45) is 10.1 Å². The maximum absolute atomic E-state index is 11.7. The first-order valence-electron chi connectivity index (χ1n) is 7.05. The van der Waals surface area contributed by atoms with Crippen LogP contribution in [0.3, 0.4) is 0 Å². The van der Waals surface area contributed by atoms with E-state index in [0.29, 0.717) is 30.0 Å². The summed E-state index contributed by atoms with van der Waals surface area (Å²) in [4.78, 5) is 6.22. The largest absolute Gasteiger partial charge is 0.366 e. The minimum atomic E-state index is -3.83. The van der Waals surface area contributed by atoms with Gasteiger partial charge in [0.15, 0.2) is 10.9 Å². The van der Waals surface area contributed by atoms with Crippen molar-refractivity contribution in [3.8, 4) is 0 Å². The lowest BCUT2D eigenvalue weighted by Gasteiger charge is -2.34. The number of aliphatic imine (C=N–C) groups is 1. The molecule has 1 aromatic rings. The van der Waals surface area contributed by atoms with E-state index in [0.717, 1.165) is 5.17 Å². The number of aryl methyl sites for hydroxylation is 1. The van der Waals surface area contributed by atoms with Crippen LogP contribution in [0.15, 0.2) is 28.1 Å². The number of rotatable bonds is 4. The number of aliphatic hydroxyl groups is 1. The lowest BCUT2D eigenvalue weighted by molar-refractivity contribution is -0.0455. The first-order valence-corrected chi connectivity index (χ1v) is 9.58. The number of nitrogens with two attached hydrogens (primary N) is 1. The van der Waals surface area contributed by atoms with Crippen molar-refractivity contribution in [3.05, 3.63) is 29.3 Å². The first kappa shape index (κ1) is 20.2. The highest BCUT2D eigenvalue weighted by Gasteiger charge is 2.44. The molecule has 0 aromatic heterocycles. The molecule has 130 valence electrons. The molecule has 1 fully saturated rings. The van der Waals surface area contributed by atoms with Crippen molar-refractivity contribution < 1.29 is 13.5 Å². The second-order valence-corrected chi connectivity index (χ2v) is 7.60. The molecule has 0 radical (unpaired) electrons. The van der Waals surface area contributed by atoms with Gasteiger partial charge in [-0.3, -0.25) is 4.99 Å². The van der Waals surface area contributed by atoms with Crippen molar-refractivity contribution in [2.75, 3.05) is 18.8 Å². The van der Waals surface area contributed by atoms with Crippen LogP contribution in [0.25, 0.3) is 0 Å². The molecule has 0 spiro atoms. The number of halogens is 1. The molecule has 1 aliphatic heterocycles. The molecule has 1 aliphatic rings. The number of nitrogens with zero attached hydrogens (tertiary/aromatic N) is 2. The van der Waals surface area contributed by atoms with Crippen molar-refractivity contribution >= 4 is 39.4 Å². The average molecular weight is 380 g/mol. The number of hydrogen-bond acceptors (Lipinski definition) is 5.